The molecule has 2 aromatic rings. The van der Waals surface area contributed by atoms with E-state index in [1.54, 1.807) is 12.1 Å². The minimum atomic E-state index is -3.96. The van der Waals surface area contributed by atoms with Gasteiger partial charge in [0.15, 0.2) is 0 Å². The number of rotatable bonds is 4. The fraction of sp³-hybridized carbons (Fsp3) is 0.0714. The van der Waals surface area contributed by atoms with Crippen LogP contribution in [0.5, 0.6) is 0 Å². The summed E-state index contributed by atoms with van der Waals surface area (Å²) in [7, 11) is -3.96. The molecular formula is C14H11BrFNO4S. The summed E-state index contributed by atoms with van der Waals surface area (Å²) in [6.45, 7) is 1.81. The molecule has 0 saturated carbocycles. The van der Waals surface area contributed by atoms with E-state index in [9.17, 15) is 17.6 Å². The Kier molecular flexibility index (Phi) is 4.52. The van der Waals surface area contributed by atoms with Crippen LogP contribution in [0.2, 0.25) is 0 Å². The Labute approximate surface area is 135 Å². The van der Waals surface area contributed by atoms with Gasteiger partial charge in [0.1, 0.15) is 5.82 Å². The number of carboxylic acids is 1. The molecule has 0 aliphatic rings. The van der Waals surface area contributed by atoms with Crippen molar-refractivity contribution in [3.63, 3.8) is 0 Å². The maximum absolute atomic E-state index is 13.9. The number of hydrogen-bond donors (Lipinski definition) is 2. The van der Waals surface area contributed by atoms with Crippen LogP contribution in [0.3, 0.4) is 0 Å². The highest BCUT2D eigenvalue weighted by Crippen LogP contribution is 2.27. The predicted molar refractivity (Wildman–Crippen MR) is 83.0 cm³/mol. The fourth-order valence-corrected chi connectivity index (χ4v) is 3.28. The van der Waals surface area contributed by atoms with Crippen LogP contribution in [-0.4, -0.2) is 19.5 Å². The van der Waals surface area contributed by atoms with Crippen LogP contribution in [0.4, 0.5) is 10.1 Å². The van der Waals surface area contributed by atoms with Gasteiger partial charge in [0.05, 0.1) is 16.1 Å². The number of benzene rings is 2. The van der Waals surface area contributed by atoms with E-state index in [0.29, 0.717) is 0 Å². The van der Waals surface area contributed by atoms with Crippen molar-refractivity contribution in [2.24, 2.45) is 0 Å². The number of aryl methyl sites for hydroxylation is 1. The zero-order valence-electron chi connectivity index (χ0n) is 11.3. The highest BCUT2D eigenvalue weighted by atomic mass is 79.9. The third-order valence-electron chi connectivity index (χ3n) is 2.86. The lowest BCUT2D eigenvalue weighted by atomic mass is 10.2. The van der Waals surface area contributed by atoms with Gasteiger partial charge >= 0.3 is 5.97 Å². The van der Waals surface area contributed by atoms with Crippen LogP contribution in [0, 0.1) is 12.7 Å². The summed E-state index contributed by atoms with van der Waals surface area (Å²) in [5.74, 6) is -2.30. The van der Waals surface area contributed by atoms with Crippen molar-refractivity contribution >= 4 is 37.6 Å². The van der Waals surface area contributed by atoms with E-state index in [4.69, 9.17) is 5.11 Å². The fourth-order valence-electron chi connectivity index (χ4n) is 1.71. The largest absolute Gasteiger partial charge is 0.478 e. The van der Waals surface area contributed by atoms with Crippen LogP contribution in [0.15, 0.2) is 45.8 Å². The molecule has 0 spiro atoms. The molecule has 5 nitrogen and oxygen atoms in total. The summed E-state index contributed by atoms with van der Waals surface area (Å²) < 4.78 is 40.4. The molecule has 116 valence electrons. The van der Waals surface area contributed by atoms with Crippen molar-refractivity contribution in [3.8, 4) is 0 Å². The van der Waals surface area contributed by atoms with Gasteiger partial charge in [-0.25, -0.2) is 17.6 Å². The molecule has 2 rings (SSSR count). The molecule has 0 bridgehead atoms. The molecular weight excluding hydrogens is 377 g/mol. The Morgan fingerprint density at radius 3 is 2.36 bits per heavy atom. The van der Waals surface area contributed by atoms with E-state index in [2.05, 4.69) is 20.7 Å². The second-order valence-electron chi connectivity index (χ2n) is 4.54. The molecule has 0 fully saturated rings. The zero-order chi connectivity index (χ0) is 16.5. The lowest BCUT2D eigenvalue weighted by Crippen LogP contribution is -2.14. The molecule has 2 N–H and O–H groups in total. The van der Waals surface area contributed by atoms with Gasteiger partial charge < -0.3 is 5.11 Å². The summed E-state index contributed by atoms with van der Waals surface area (Å²) >= 11 is 2.97. The molecule has 0 unspecified atom stereocenters. The molecule has 22 heavy (non-hydrogen) atoms. The monoisotopic (exact) mass is 387 g/mol. The number of anilines is 1. The summed E-state index contributed by atoms with van der Waals surface area (Å²) in [5, 5.41) is 8.88. The summed E-state index contributed by atoms with van der Waals surface area (Å²) in [6, 6.07) is 7.86. The van der Waals surface area contributed by atoms with Crippen LogP contribution in [0.1, 0.15) is 15.9 Å². The highest BCUT2D eigenvalue weighted by Gasteiger charge is 2.19. The minimum absolute atomic E-state index is 0.0177. The first-order chi connectivity index (χ1) is 10.2. The van der Waals surface area contributed by atoms with Crippen molar-refractivity contribution in [2.75, 3.05) is 4.72 Å². The normalized spacial score (nSPS) is 11.2. The molecule has 8 heteroatoms. The standard InChI is InChI=1S/C14H11BrFNO4S/c1-8-2-4-9(5-3-8)22(20,21)17-13-7-11(15)10(14(18)19)6-12(13)16/h2-7,17H,1H3,(H,18,19). The predicted octanol–water partition coefficient (Wildman–Crippen LogP) is 3.40. The number of hydrogen-bond acceptors (Lipinski definition) is 3. The lowest BCUT2D eigenvalue weighted by Gasteiger charge is -2.11. The van der Waals surface area contributed by atoms with E-state index < -0.39 is 21.8 Å². The van der Waals surface area contributed by atoms with E-state index in [-0.39, 0.29) is 20.6 Å². The van der Waals surface area contributed by atoms with Crippen LogP contribution in [-0.2, 0) is 10.0 Å². The SMILES string of the molecule is Cc1ccc(S(=O)(=O)Nc2cc(Br)c(C(=O)O)cc2F)cc1. The van der Waals surface area contributed by atoms with Crippen molar-refractivity contribution < 1.29 is 22.7 Å². The average molecular weight is 388 g/mol. The highest BCUT2D eigenvalue weighted by molar-refractivity contribution is 9.10. The van der Waals surface area contributed by atoms with E-state index in [0.717, 1.165) is 17.7 Å². The van der Waals surface area contributed by atoms with Crippen molar-refractivity contribution in [1.82, 2.24) is 0 Å². The molecule has 0 heterocycles. The molecule has 0 amide bonds. The zero-order valence-corrected chi connectivity index (χ0v) is 13.7. The van der Waals surface area contributed by atoms with E-state index >= 15 is 0 Å². The minimum Gasteiger partial charge on any atom is -0.478 e. The first-order valence-corrected chi connectivity index (χ1v) is 8.30. The molecule has 0 aromatic heterocycles. The molecule has 0 aliphatic heterocycles. The first-order valence-electron chi connectivity index (χ1n) is 6.02. The smallest absolute Gasteiger partial charge is 0.336 e. The van der Waals surface area contributed by atoms with Gasteiger partial charge in [-0.2, -0.15) is 0 Å². The maximum Gasteiger partial charge on any atom is 0.336 e. The molecule has 0 radical (unpaired) electrons. The van der Waals surface area contributed by atoms with Gasteiger partial charge in [0.25, 0.3) is 10.0 Å². The van der Waals surface area contributed by atoms with Crippen LogP contribution in [0.25, 0.3) is 0 Å². The van der Waals surface area contributed by atoms with Crippen molar-refractivity contribution in [1.29, 1.82) is 0 Å². The van der Waals surface area contributed by atoms with Gasteiger partial charge in [0.2, 0.25) is 0 Å². The second kappa shape index (κ2) is 6.05. The number of carboxylic acid groups (broad SMARTS) is 1. The van der Waals surface area contributed by atoms with Gasteiger partial charge in [-0.05, 0) is 47.1 Å². The van der Waals surface area contributed by atoms with Gasteiger partial charge in [0, 0.05) is 4.47 Å². The third kappa shape index (κ3) is 3.45. The van der Waals surface area contributed by atoms with Crippen LogP contribution >= 0.6 is 15.9 Å². The summed E-state index contributed by atoms with van der Waals surface area (Å²) in [5.41, 5.74) is 0.256. The lowest BCUT2D eigenvalue weighted by molar-refractivity contribution is 0.0695. The number of carbonyl (C=O) groups is 1. The van der Waals surface area contributed by atoms with Gasteiger partial charge in [-0.3, -0.25) is 4.72 Å². The Morgan fingerprint density at radius 2 is 1.82 bits per heavy atom. The van der Waals surface area contributed by atoms with Gasteiger partial charge in [-0.1, -0.05) is 17.7 Å². The number of aromatic carboxylic acids is 1. The quantitative estimate of drug-likeness (QED) is 0.841. The summed E-state index contributed by atoms with van der Waals surface area (Å²) in [6.07, 6.45) is 0. The third-order valence-corrected chi connectivity index (χ3v) is 4.90. The topological polar surface area (TPSA) is 83.5 Å². The van der Waals surface area contributed by atoms with Gasteiger partial charge in [-0.15, -0.1) is 0 Å². The second-order valence-corrected chi connectivity index (χ2v) is 7.07. The Bertz CT molecular complexity index is 835. The van der Waals surface area contributed by atoms with E-state index in [1.165, 1.54) is 12.1 Å². The molecule has 0 saturated heterocycles. The molecule has 0 atom stereocenters. The number of sulfonamides is 1. The van der Waals surface area contributed by atoms with Crippen molar-refractivity contribution in [2.45, 2.75) is 11.8 Å². The first kappa shape index (κ1) is 16.4. The maximum atomic E-state index is 13.9. The summed E-state index contributed by atoms with van der Waals surface area (Å²) in [4.78, 5) is 10.9. The Hall–Kier alpha value is -1.93. The van der Waals surface area contributed by atoms with E-state index in [1.807, 2.05) is 6.92 Å². The molecule has 2 aromatic carbocycles. The molecule has 0 aliphatic carbocycles. The average Bonchev–Trinajstić information content (AvgIpc) is 2.42. The Morgan fingerprint density at radius 1 is 1.23 bits per heavy atom. The number of halogens is 2. The Balaban J connectivity index is 2.40. The van der Waals surface area contributed by atoms with Crippen LogP contribution < -0.4 is 4.72 Å². The van der Waals surface area contributed by atoms with Crippen molar-refractivity contribution in [3.05, 3.63) is 57.8 Å². The number of nitrogens with one attached hydrogen (secondary N) is 1.